The van der Waals surface area contributed by atoms with Crippen LogP contribution in [0.15, 0.2) is 170 Å². The molecule has 0 atom stereocenters. The van der Waals surface area contributed by atoms with Gasteiger partial charge in [-0.1, -0.05) is 127 Å². The summed E-state index contributed by atoms with van der Waals surface area (Å²) in [7, 11) is 0. The summed E-state index contributed by atoms with van der Waals surface area (Å²) < 4.78 is 0. The SMILES string of the molecule is c1ccc(-c2ccc(-c3cc(-c4ccc(-c5cccc6ccncc56)cc4)nc(-c4ccc(-c5cccnc5)cc4)n3)cc2)cc1. The third-order valence-corrected chi connectivity index (χ3v) is 8.33. The van der Waals surface area contributed by atoms with Crippen LogP contribution in [0, 0.1) is 0 Å². The van der Waals surface area contributed by atoms with E-state index >= 15 is 0 Å². The number of hydrogen-bond acceptors (Lipinski definition) is 4. The molecule has 46 heavy (non-hydrogen) atoms. The number of benzene rings is 5. The van der Waals surface area contributed by atoms with E-state index in [0.717, 1.165) is 55.7 Å². The Morgan fingerprint density at radius 3 is 1.59 bits per heavy atom. The van der Waals surface area contributed by atoms with Crippen molar-refractivity contribution in [2.75, 3.05) is 0 Å². The Bertz CT molecular complexity index is 2160. The van der Waals surface area contributed by atoms with Gasteiger partial charge in [0.15, 0.2) is 5.82 Å². The highest BCUT2D eigenvalue weighted by Gasteiger charge is 2.13. The van der Waals surface area contributed by atoms with Crippen LogP contribution in [0.2, 0.25) is 0 Å². The van der Waals surface area contributed by atoms with Crippen molar-refractivity contribution in [2.45, 2.75) is 0 Å². The van der Waals surface area contributed by atoms with Crippen molar-refractivity contribution in [3.8, 4) is 67.3 Å². The van der Waals surface area contributed by atoms with Gasteiger partial charge in [0.2, 0.25) is 0 Å². The maximum absolute atomic E-state index is 5.09. The smallest absolute Gasteiger partial charge is 0.160 e. The van der Waals surface area contributed by atoms with E-state index in [0.29, 0.717) is 5.82 Å². The molecule has 0 aliphatic heterocycles. The van der Waals surface area contributed by atoms with E-state index in [1.807, 2.05) is 36.8 Å². The lowest BCUT2D eigenvalue weighted by Crippen LogP contribution is -1.96. The first-order chi connectivity index (χ1) is 22.8. The Hall–Kier alpha value is -6.26. The van der Waals surface area contributed by atoms with Crippen LogP contribution < -0.4 is 0 Å². The van der Waals surface area contributed by atoms with Crippen molar-refractivity contribution in [2.24, 2.45) is 0 Å². The summed E-state index contributed by atoms with van der Waals surface area (Å²) in [6.07, 6.45) is 7.43. The van der Waals surface area contributed by atoms with Crippen LogP contribution in [0.3, 0.4) is 0 Å². The second kappa shape index (κ2) is 12.0. The summed E-state index contributed by atoms with van der Waals surface area (Å²) in [4.78, 5) is 18.8. The van der Waals surface area contributed by atoms with E-state index < -0.39 is 0 Å². The fraction of sp³-hybridized carbons (Fsp3) is 0. The molecule has 0 saturated heterocycles. The predicted molar refractivity (Wildman–Crippen MR) is 188 cm³/mol. The quantitative estimate of drug-likeness (QED) is 0.194. The molecule has 0 unspecified atom stereocenters. The largest absolute Gasteiger partial charge is 0.264 e. The number of hydrogen-bond donors (Lipinski definition) is 0. The molecular formula is C42H28N4. The molecule has 5 aromatic carbocycles. The summed E-state index contributed by atoms with van der Waals surface area (Å²) in [6.45, 7) is 0. The van der Waals surface area contributed by atoms with Crippen LogP contribution in [0.4, 0.5) is 0 Å². The highest BCUT2D eigenvalue weighted by molar-refractivity contribution is 5.96. The Morgan fingerprint density at radius 2 is 0.913 bits per heavy atom. The van der Waals surface area contributed by atoms with E-state index in [1.165, 1.54) is 16.5 Å². The number of nitrogens with zero attached hydrogens (tertiary/aromatic N) is 4. The second-order valence-electron chi connectivity index (χ2n) is 11.2. The fourth-order valence-corrected chi connectivity index (χ4v) is 5.87. The van der Waals surface area contributed by atoms with Crippen LogP contribution in [-0.4, -0.2) is 19.9 Å². The van der Waals surface area contributed by atoms with Crippen molar-refractivity contribution >= 4 is 10.8 Å². The number of rotatable bonds is 6. The van der Waals surface area contributed by atoms with E-state index in [-0.39, 0.29) is 0 Å². The molecule has 0 N–H and O–H groups in total. The molecule has 216 valence electrons. The summed E-state index contributed by atoms with van der Waals surface area (Å²) >= 11 is 0. The van der Waals surface area contributed by atoms with Gasteiger partial charge >= 0.3 is 0 Å². The zero-order valence-corrected chi connectivity index (χ0v) is 25.0. The van der Waals surface area contributed by atoms with Gasteiger partial charge < -0.3 is 0 Å². The van der Waals surface area contributed by atoms with E-state index in [2.05, 4.69) is 137 Å². The summed E-state index contributed by atoms with van der Waals surface area (Å²) in [5.74, 6) is 0.682. The van der Waals surface area contributed by atoms with Crippen molar-refractivity contribution in [1.29, 1.82) is 0 Å². The Labute approximate surface area is 267 Å². The second-order valence-corrected chi connectivity index (χ2v) is 11.2. The monoisotopic (exact) mass is 588 g/mol. The number of aromatic nitrogens is 4. The lowest BCUT2D eigenvalue weighted by Gasteiger charge is -2.12. The zero-order chi connectivity index (χ0) is 30.7. The van der Waals surface area contributed by atoms with Gasteiger partial charge in [0.05, 0.1) is 11.4 Å². The average molecular weight is 589 g/mol. The Morgan fingerprint density at radius 1 is 0.348 bits per heavy atom. The zero-order valence-electron chi connectivity index (χ0n) is 25.0. The first-order valence-electron chi connectivity index (χ1n) is 15.3. The highest BCUT2D eigenvalue weighted by atomic mass is 14.9. The molecule has 0 spiro atoms. The molecule has 4 heteroatoms. The van der Waals surface area contributed by atoms with Crippen LogP contribution in [0.1, 0.15) is 0 Å². The molecule has 4 nitrogen and oxygen atoms in total. The standard InChI is InChI=1S/C42H28N4/c1-2-6-29(7-3-1)30-11-17-34(18-12-30)40-26-41(46-42(45-40)36-21-13-31(14-22-36)37-9-5-24-43-27-37)35-19-15-33(16-20-35)38-10-4-8-32-23-25-44-28-39(32)38/h1-28H. The van der Waals surface area contributed by atoms with Gasteiger partial charge in [0.1, 0.15) is 0 Å². The minimum atomic E-state index is 0.682. The highest BCUT2D eigenvalue weighted by Crippen LogP contribution is 2.33. The first kappa shape index (κ1) is 27.3. The maximum Gasteiger partial charge on any atom is 0.160 e. The van der Waals surface area contributed by atoms with Crippen molar-refractivity contribution in [3.05, 3.63) is 170 Å². The Balaban J connectivity index is 1.19. The van der Waals surface area contributed by atoms with Crippen LogP contribution in [0.5, 0.6) is 0 Å². The number of pyridine rings is 2. The van der Waals surface area contributed by atoms with Gasteiger partial charge in [-0.05, 0) is 57.0 Å². The summed E-state index contributed by atoms with van der Waals surface area (Å²) in [6, 6.07) is 50.5. The Kier molecular flexibility index (Phi) is 7.14. The molecule has 3 aromatic heterocycles. The summed E-state index contributed by atoms with van der Waals surface area (Å²) in [5, 5.41) is 2.31. The van der Waals surface area contributed by atoms with Gasteiger partial charge in [-0.25, -0.2) is 9.97 Å². The van der Waals surface area contributed by atoms with Gasteiger partial charge in [-0.2, -0.15) is 0 Å². The van der Waals surface area contributed by atoms with Gasteiger partial charge in [-0.3, -0.25) is 9.97 Å². The molecule has 0 radical (unpaired) electrons. The van der Waals surface area contributed by atoms with Crippen LogP contribution in [0.25, 0.3) is 78.1 Å². The molecule has 8 rings (SSSR count). The third kappa shape index (κ3) is 5.44. The van der Waals surface area contributed by atoms with Gasteiger partial charge in [0, 0.05) is 46.9 Å². The lowest BCUT2D eigenvalue weighted by molar-refractivity contribution is 1.18. The first-order valence-corrected chi connectivity index (χ1v) is 15.3. The van der Waals surface area contributed by atoms with E-state index in [1.54, 1.807) is 6.20 Å². The summed E-state index contributed by atoms with van der Waals surface area (Å²) in [5.41, 5.74) is 11.6. The molecule has 0 amide bonds. The molecule has 0 bridgehead atoms. The topological polar surface area (TPSA) is 51.6 Å². The lowest BCUT2D eigenvalue weighted by atomic mass is 9.97. The average Bonchev–Trinajstić information content (AvgIpc) is 3.15. The van der Waals surface area contributed by atoms with E-state index in [4.69, 9.17) is 9.97 Å². The normalized spacial score (nSPS) is 11.0. The molecule has 8 aromatic rings. The molecule has 0 aliphatic carbocycles. The molecule has 3 heterocycles. The van der Waals surface area contributed by atoms with Gasteiger partial charge in [-0.15, -0.1) is 0 Å². The molecule has 0 aliphatic rings. The van der Waals surface area contributed by atoms with Crippen molar-refractivity contribution < 1.29 is 0 Å². The van der Waals surface area contributed by atoms with Crippen molar-refractivity contribution in [3.63, 3.8) is 0 Å². The fourth-order valence-electron chi connectivity index (χ4n) is 5.87. The van der Waals surface area contributed by atoms with Crippen molar-refractivity contribution in [1.82, 2.24) is 19.9 Å². The van der Waals surface area contributed by atoms with Crippen LogP contribution >= 0.6 is 0 Å². The molecule has 0 fully saturated rings. The predicted octanol–water partition coefficient (Wildman–Crippen LogP) is 10.4. The maximum atomic E-state index is 5.09. The molecule has 0 saturated carbocycles. The minimum Gasteiger partial charge on any atom is -0.264 e. The third-order valence-electron chi connectivity index (χ3n) is 8.33. The van der Waals surface area contributed by atoms with E-state index in [9.17, 15) is 0 Å². The van der Waals surface area contributed by atoms with Crippen LogP contribution in [-0.2, 0) is 0 Å². The minimum absolute atomic E-state index is 0.682. The van der Waals surface area contributed by atoms with Gasteiger partial charge in [0.25, 0.3) is 0 Å². The molecular weight excluding hydrogens is 560 g/mol. The number of fused-ring (bicyclic) bond motifs is 1.